The van der Waals surface area contributed by atoms with Crippen molar-refractivity contribution in [2.24, 2.45) is 5.92 Å². The lowest BCUT2D eigenvalue weighted by molar-refractivity contribution is -0.130. The average Bonchev–Trinajstić information content (AvgIpc) is 2.93. The molecule has 0 spiro atoms. The van der Waals surface area contributed by atoms with E-state index in [2.05, 4.69) is 5.32 Å². The van der Waals surface area contributed by atoms with Crippen molar-refractivity contribution in [2.75, 3.05) is 6.54 Å². The normalized spacial score (nSPS) is 19.0. The molecular formula is C18H24F2N2O2. The summed E-state index contributed by atoms with van der Waals surface area (Å²) in [4.78, 5) is 26.3. The maximum absolute atomic E-state index is 13.3. The maximum atomic E-state index is 13.3. The first-order valence-corrected chi connectivity index (χ1v) is 8.42. The Morgan fingerprint density at radius 2 is 1.96 bits per heavy atom. The molecule has 0 radical (unpaired) electrons. The van der Waals surface area contributed by atoms with Crippen LogP contribution in [-0.4, -0.2) is 29.3 Å². The molecule has 0 aromatic heterocycles. The molecular weight excluding hydrogens is 314 g/mol. The van der Waals surface area contributed by atoms with Crippen molar-refractivity contribution in [3.63, 3.8) is 0 Å². The number of carbonyl (C=O) groups is 2. The summed E-state index contributed by atoms with van der Waals surface area (Å²) >= 11 is 0. The Bertz CT molecular complexity index is 617. The zero-order valence-corrected chi connectivity index (χ0v) is 14.3. The summed E-state index contributed by atoms with van der Waals surface area (Å²) in [5.41, 5.74) is 0.489. The first-order valence-electron chi connectivity index (χ1n) is 8.42. The summed E-state index contributed by atoms with van der Waals surface area (Å²) < 4.78 is 26.3. The van der Waals surface area contributed by atoms with Crippen LogP contribution < -0.4 is 5.32 Å². The van der Waals surface area contributed by atoms with Crippen molar-refractivity contribution in [3.05, 3.63) is 35.4 Å². The van der Waals surface area contributed by atoms with Gasteiger partial charge in [0.2, 0.25) is 11.8 Å². The second-order valence-electron chi connectivity index (χ2n) is 6.32. The fourth-order valence-electron chi connectivity index (χ4n) is 3.19. The van der Waals surface area contributed by atoms with Crippen LogP contribution in [0, 0.1) is 17.6 Å². The third kappa shape index (κ3) is 3.91. The van der Waals surface area contributed by atoms with E-state index in [1.807, 2.05) is 13.8 Å². The van der Waals surface area contributed by atoms with Gasteiger partial charge in [-0.3, -0.25) is 9.59 Å². The molecule has 0 saturated carbocycles. The zero-order valence-electron chi connectivity index (χ0n) is 14.3. The second kappa shape index (κ2) is 7.73. The van der Waals surface area contributed by atoms with Crippen molar-refractivity contribution in [3.8, 4) is 0 Å². The van der Waals surface area contributed by atoms with Gasteiger partial charge in [-0.15, -0.1) is 0 Å². The Morgan fingerprint density at radius 1 is 1.29 bits per heavy atom. The van der Waals surface area contributed by atoms with E-state index in [4.69, 9.17) is 0 Å². The van der Waals surface area contributed by atoms with Crippen LogP contribution in [0.1, 0.15) is 51.6 Å². The number of halogens is 2. The van der Waals surface area contributed by atoms with Gasteiger partial charge in [-0.1, -0.05) is 19.9 Å². The topological polar surface area (TPSA) is 49.4 Å². The fraction of sp³-hybridized carbons (Fsp3) is 0.556. The van der Waals surface area contributed by atoms with Gasteiger partial charge in [-0.25, -0.2) is 8.78 Å². The van der Waals surface area contributed by atoms with Crippen LogP contribution in [0.3, 0.4) is 0 Å². The third-order valence-electron chi connectivity index (χ3n) is 4.71. The van der Waals surface area contributed by atoms with E-state index in [9.17, 15) is 18.4 Å². The molecule has 1 saturated heterocycles. The Morgan fingerprint density at radius 3 is 2.54 bits per heavy atom. The number of likely N-dealkylation sites (tertiary alicyclic amines) is 1. The molecule has 6 heteroatoms. The van der Waals surface area contributed by atoms with Crippen molar-refractivity contribution < 1.29 is 18.4 Å². The van der Waals surface area contributed by atoms with E-state index in [1.165, 1.54) is 6.07 Å². The molecule has 2 atom stereocenters. The molecule has 1 aromatic carbocycles. The number of hydrogen-bond acceptors (Lipinski definition) is 2. The van der Waals surface area contributed by atoms with Gasteiger partial charge in [0.1, 0.15) is 0 Å². The fourth-order valence-corrected chi connectivity index (χ4v) is 3.19. The van der Waals surface area contributed by atoms with Crippen molar-refractivity contribution in [1.82, 2.24) is 10.2 Å². The zero-order chi connectivity index (χ0) is 17.9. The highest BCUT2D eigenvalue weighted by Gasteiger charge is 2.37. The number of hydrogen-bond donors (Lipinski definition) is 1. The van der Waals surface area contributed by atoms with Crippen molar-refractivity contribution >= 4 is 11.8 Å². The molecule has 24 heavy (non-hydrogen) atoms. The largest absolute Gasteiger partial charge is 0.349 e. The maximum Gasteiger partial charge on any atom is 0.225 e. The van der Waals surface area contributed by atoms with Crippen molar-refractivity contribution in [2.45, 2.75) is 52.1 Å². The first-order chi connectivity index (χ1) is 11.4. The molecule has 4 nitrogen and oxygen atoms in total. The number of amides is 2. The summed E-state index contributed by atoms with van der Waals surface area (Å²) in [6, 6.07) is 3.28. The van der Waals surface area contributed by atoms with E-state index in [0.717, 1.165) is 25.0 Å². The Balaban J connectivity index is 1.99. The van der Waals surface area contributed by atoms with Crippen LogP contribution in [0.5, 0.6) is 0 Å². The van der Waals surface area contributed by atoms with Crippen LogP contribution in [0.25, 0.3) is 0 Å². The van der Waals surface area contributed by atoms with Gasteiger partial charge in [0.25, 0.3) is 0 Å². The highest BCUT2D eigenvalue weighted by atomic mass is 19.2. The van der Waals surface area contributed by atoms with Crippen LogP contribution in [0.2, 0.25) is 0 Å². The van der Waals surface area contributed by atoms with Crippen molar-refractivity contribution in [1.29, 1.82) is 0 Å². The van der Waals surface area contributed by atoms with Crippen LogP contribution in [-0.2, 0) is 9.59 Å². The third-order valence-corrected chi connectivity index (χ3v) is 4.71. The smallest absolute Gasteiger partial charge is 0.225 e. The van der Waals surface area contributed by atoms with E-state index < -0.39 is 23.6 Å². The standard InChI is InChI=1S/C18H24F2N2O2/c1-4-14(5-2)22-10-13(9-17(22)23)18(24)21-11(3)12-6-7-15(19)16(20)8-12/h6-8,11,13-14H,4-5,9-10H2,1-3H3,(H,21,24). The first kappa shape index (κ1) is 18.4. The van der Waals surface area contributed by atoms with Gasteiger partial charge in [0, 0.05) is 19.0 Å². The monoisotopic (exact) mass is 338 g/mol. The SMILES string of the molecule is CCC(CC)N1CC(C(=O)NC(C)c2ccc(F)c(F)c2)CC1=O. The highest BCUT2D eigenvalue weighted by Crippen LogP contribution is 2.24. The predicted octanol–water partition coefficient (Wildman–Crippen LogP) is 3.18. The van der Waals surface area contributed by atoms with E-state index >= 15 is 0 Å². The number of nitrogens with zero attached hydrogens (tertiary/aromatic N) is 1. The van der Waals surface area contributed by atoms with Crippen LogP contribution in [0.4, 0.5) is 8.78 Å². The Kier molecular flexibility index (Phi) is 5.91. The predicted molar refractivity (Wildman–Crippen MR) is 87.1 cm³/mol. The summed E-state index contributed by atoms with van der Waals surface area (Å²) in [5.74, 6) is -2.48. The quantitative estimate of drug-likeness (QED) is 0.866. The lowest BCUT2D eigenvalue weighted by Crippen LogP contribution is -2.38. The Labute approximate surface area is 141 Å². The van der Waals surface area contributed by atoms with Gasteiger partial charge < -0.3 is 10.2 Å². The molecule has 1 heterocycles. The lowest BCUT2D eigenvalue weighted by Gasteiger charge is -2.26. The highest BCUT2D eigenvalue weighted by molar-refractivity contribution is 5.89. The summed E-state index contributed by atoms with van der Waals surface area (Å²) in [7, 11) is 0. The summed E-state index contributed by atoms with van der Waals surface area (Å²) in [6.45, 7) is 6.18. The molecule has 132 valence electrons. The van der Waals surface area contributed by atoms with E-state index in [-0.39, 0.29) is 24.3 Å². The average molecular weight is 338 g/mol. The van der Waals surface area contributed by atoms with Crippen LogP contribution in [0.15, 0.2) is 18.2 Å². The molecule has 2 unspecified atom stereocenters. The van der Waals surface area contributed by atoms with Gasteiger partial charge in [0.15, 0.2) is 11.6 Å². The molecule has 1 N–H and O–H groups in total. The van der Waals surface area contributed by atoms with Gasteiger partial charge >= 0.3 is 0 Å². The number of carbonyl (C=O) groups excluding carboxylic acids is 2. The van der Waals surface area contributed by atoms with Crippen LogP contribution >= 0.6 is 0 Å². The van der Waals surface area contributed by atoms with E-state index in [1.54, 1.807) is 11.8 Å². The molecule has 1 fully saturated rings. The molecule has 2 rings (SSSR count). The van der Waals surface area contributed by atoms with Gasteiger partial charge in [0.05, 0.1) is 12.0 Å². The number of benzene rings is 1. The van der Waals surface area contributed by atoms with E-state index in [0.29, 0.717) is 12.1 Å². The molecule has 1 aliphatic heterocycles. The minimum absolute atomic E-state index is 0.00401. The minimum atomic E-state index is -0.940. The molecule has 1 aliphatic rings. The molecule has 0 bridgehead atoms. The number of rotatable bonds is 6. The molecule has 1 aromatic rings. The second-order valence-corrected chi connectivity index (χ2v) is 6.32. The minimum Gasteiger partial charge on any atom is -0.349 e. The molecule has 0 aliphatic carbocycles. The number of nitrogens with one attached hydrogen (secondary N) is 1. The molecule has 2 amide bonds. The van der Waals surface area contributed by atoms with Gasteiger partial charge in [-0.2, -0.15) is 0 Å². The Hall–Kier alpha value is -1.98. The summed E-state index contributed by atoms with van der Waals surface area (Å²) in [5, 5.41) is 2.79. The lowest BCUT2D eigenvalue weighted by atomic mass is 10.0. The van der Waals surface area contributed by atoms with Gasteiger partial charge in [-0.05, 0) is 37.5 Å². The summed E-state index contributed by atoms with van der Waals surface area (Å²) in [6.07, 6.45) is 1.93.